The van der Waals surface area contributed by atoms with Gasteiger partial charge in [-0.05, 0) is 18.6 Å². The summed E-state index contributed by atoms with van der Waals surface area (Å²) in [6.07, 6.45) is -1.32. The summed E-state index contributed by atoms with van der Waals surface area (Å²) in [4.78, 5) is 3.66. The molecule has 0 atom stereocenters. The van der Waals surface area contributed by atoms with E-state index in [1.165, 1.54) is 19.2 Å². The zero-order valence-corrected chi connectivity index (χ0v) is 6.52. The molecule has 0 bridgehead atoms. The first-order valence-corrected chi connectivity index (χ1v) is 3.45. The van der Waals surface area contributed by atoms with Crippen LogP contribution in [0.25, 0.3) is 0 Å². The van der Waals surface area contributed by atoms with Crippen LogP contribution in [-0.2, 0) is 6.67 Å². The van der Waals surface area contributed by atoms with Crippen LogP contribution in [0, 0.1) is 6.92 Å². The molecule has 1 rings (SSSR count). The molecule has 0 aliphatic carbocycles. The quantitative estimate of drug-likeness (QED) is 0.673. The number of hydrogen-bond acceptors (Lipinski definition) is 1. The van der Waals surface area contributed by atoms with Crippen molar-refractivity contribution in [1.29, 1.82) is 0 Å². The highest BCUT2D eigenvalue weighted by Crippen LogP contribution is 2.25. The number of halogens is 3. The van der Waals surface area contributed by atoms with Gasteiger partial charge >= 0.3 is 0 Å². The van der Waals surface area contributed by atoms with Crippen molar-refractivity contribution in [3.63, 3.8) is 0 Å². The van der Waals surface area contributed by atoms with Crippen LogP contribution in [0.5, 0.6) is 0 Å². The minimum absolute atomic E-state index is 0.0255. The third-order valence-electron chi connectivity index (χ3n) is 1.64. The summed E-state index contributed by atoms with van der Waals surface area (Å²) < 4.78 is 36.7. The van der Waals surface area contributed by atoms with Crippen LogP contribution < -0.4 is 0 Å². The van der Waals surface area contributed by atoms with E-state index < -0.39 is 13.1 Å². The Morgan fingerprint density at radius 2 is 2.17 bits per heavy atom. The van der Waals surface area contributed by atoms with Gasteiger partial charge in [0, 0.05) is 17.5 Å². The minimum atomic E-state index is -2.65. The lowest BCUT2D eigenvalue weighted by atomic mass is 10.1. The number of hydrogen-bond donors (Lipinski definition) is 0. The molecule has 1 heterocycles. The Labute approximate surface area is 68.2 Å². The van der Waals surface area contributed by atoms with Gasteiger partial charge < -0.3 is 0 Å². The first kappa shape index (κ1) is 9.03. The highest BCUT2D eigenvalue weighted by molar-refractivity contribution is 5.29. The fourth-order valence-electron chi connectivity index (χ4n) is 1.05. The van der Waals surface area contributed by atoms with Gasteiger partial charge in [-0.3, -0.25) is 4.98 Å². The number of rotatable bonds is 2. The molecule has 0 saturated heterocycles. The Kier molecular flexibility index (Phi) is 2.68. The van der Waals surface area contributed by atoms with Gasteiger partial charge in [0.1, 0.15) is 6.67 Å². The first-order valence-electron chi connectivity index (χ1n) is 3.45. The highest BCUT2D eigenvalue weighted by atomic mass is 19.3. The maximum atomic E-state index is 12.3. The summed E-state index contributed by atoms with van der Waals surface area (Å²) in [5.74, 6) is 0. The summed E-state index contributed by atoms with van der Waals surface area (Å²) in [5.41, 5.74) is -0.0577. The van der Waals surface area contributed by atoms with Crippen molar-refractivity contribution in [3.05, 3.63) is 29.1 Å². The van der Waals surface area contributed by atoms with Crippen LogP contribution in [0.15, 0.2) is 12.3 Å². The van der Waals surface area contributed by atoms with Crippen molar-refractivity contribution < 1.29 is 13.2 Å². The van der Waals surface area contributed by atoms with Crippen molar-refractivity contribution in [2.24, 2.45) is 0 Å². The Morgan fingerprint density at radius 3 is 2.58 bits per heavy atom. The molecule has 4 heteroatoms. The molecule has 0 amide bonds. The van der Waals surface area contributed by atoms with Gasteiger partial charge in [0.05, 0.1) is 0 Å². The average Bonchev–Trinajstić information content (AvgIpc) is 2.03. The van der Waals surface area contributed by atoms with Crippen LogP contribution in [0.4, 0.5) is 13.2 Å². The molecule has 12 heavy (non-hydrogen) atoms. The Bertz CT molecular complexity index is 273. The Hall–Kier alpha value is -1.06. The fourth-order valence-corrected chi connectivity index (χ4v) is 1.05. The molecule has 1 aromatic heterocycles. The molecule has 0 saturated carbocycles. The van der Waals surface area contributed by atoms with E-state index >= 15 is 0 Å². The Balaban J connectivity index is 3.20. The third kappa shape index (κ3) is 1.57. The molecule has 0 aliphatic rings. The summed E-state index contributed by atoms with van der Waals surface area (Å²) in [7, 11) is 0. The standard InChI is InChI=1S/C8H8F3N/c1-5-7(8(10)11)6(4-9)2-3-12-5/h2-3,8H,4H2,1H3. The topological polar surface area (TPSA) is 12.9 Å². The van der Waals surface area contributed by atoms with Gasteiger partial charge in [-0.2, -0.15) is 0 Å². The summed E-state index contributed by atoms with van der Waals surface area (Å²) in [5, 5.41) is 0. The molecule has 0 N–H and O–H groups in total. The van der Waals surface area contributed by atoms with E-state index in [4.69, 9.17) is 0 Å². The van der Waals surface area contributed by atoms with Gasteiger partial charge in [-0.25, -0.2) is 13.2 Å². The van der Waals surface area contributed by atoms with E-state index in [0.29, 0.717) is 0 Å². The van der Waals surface area contributed by atoms with E-state index in [9.17, 15) is 13.2 Å². The van der Waals surface area contributed by atoms with Crippen molar-refractivity contribution in [3.8, 4) is 0 Å². The summed E-state index contributed by atoms with van der Waals surface area (Å²) in [6, 6.07) is 1.27. The molecule has 66 valence electrons. The predicted octanol–water partition coefficient (Wildman–Crippen LogP) is 2.80. The van der Waals surface area contributed by atoms with Crippen molar-refractivity contribution >= 4 is 0 Å². The van der Waals surface area contributed by atoms with Crippen molar-refractivity contribution in [1.82, 2.24) is 4.98 Å². The molecule has 0 unspecified atom stereocenters. The van der Waals surface area contributed by atoms with E-state index in [-0.39, 0.29) is 16.8 Å². The van der Waals surface area contributed by atoms with Crippen molar-refractivity contribution in [2.45, 2.75) is 20.0 Å². The zero-order valence-electron chi connectivity index (χ0n) is 6.52. The normalized spacial score (nSPS) is 10.8. The van der Waals surface area contributed by atoms with Crippen LogP contribution in [-0.4, -0.2) is 4.98 Å². The predicted molar refractivity (Wildman–Crippen MR) is 38.7 cm³/mol. The molecule has 0 aromatic carbocycles. The van der Waals surface area contributed by atoms with E-state index in [1.54, 1.807) is 0 Å². The minimum Gasteiger partial charge on any atom is -0.261 e. The van der Waals surface area contributed by atoms with E-state index in [2.05, 4.69) is 4.98 Å². The molecule has 1 nitrogen and oxygen atoms in total. The van der Waals surface area contributed by atoms with Crippen molar-refractivity contribution in [2.75, 3.05) is 0 Å². The lowest BCUT2D eigenvalue weighted by Crippen LogP contribution is -1.98. The first-order chi connectivity index (χ1) is 5.66. The number of aromatic nitrogens is 1. The second-order valence-electron chi connectivity index (χ2n) is 2.40. The largest absolute Gasteiger partial charge is 0.265 e. The summed E-state index contributed by atoms with van der Waals surface area (Å²) >= 11 is 0. The highest BCUT2D eigenvalue weighted by Gasteiger charge is 2.15. The second kappa shape index (κ2) is 3.56. The van der Waals surface area contributed by atoms with Gasteiger partial charge in [0.2, 0.25) is 0 Å². The van der Waals surface area contributed by atoms with Crippen LogP contribution in [0.2, 0.25) is 0 Å². The van der Waals surface area contributed by atoms with Gasteiger partial charge in [-0.15, -0.1) is 0 Å². The van der Waals surface area contributed by atoms with Gasteiger partial charge in [0.25, 0.3) is 6.43 Å². The molecule has 0 spiro atoms. The lowest BCUT2D eigenvalue weighted by molar-refractivity contribution is 0.148. The number of alkyl halides is 3. The molecule has 0 aliphatic heterocycles. The van der Waals surface area contributed by atoms with Crippen LogP contribution in [0.3, 0.4) is 0 Å². The molecular formula is C8H8F3N. The average molecular weight is 175 g/mol. The Morgan fingerprint density at radius 1 is 1.50 bits per heavy atom. The molecular weight excluding hydrogens is 167 g/mol. The molecule has 0 radical (unpaired) electrons. The second-order valence-corrected chi connectivity index (χ2v) is 2.40. The maximum Gasteiger partial charge on any atom is 0.265 e. The smallest absolute Gasteiger partial charge is 0.261 e. The maximum absolute atomic E-state index is 12.3. The molecule has 1 aromatic rings. The van der Waals surface area contributed by atoms with Crippen LogP contribution in [0.1, 0.15) is 23.2 Å². The summed E-state index contributed by atoms with van der Waals surface area (Å²) in [6.45, 7) is 0.573. The lowest BCUT2D eigenvalue weighted by Gasteiger charge is -2.07. The third-order valence-corrected chi connectivity index (χ3v) is 1.64. The molecule has 0 fully saturated rings. The number of pyridine rings is 1. The van der Waals surface area contributed by atoms with E-state index in [0.717, 1.165) is 0 Å². The SMILES string of the molecule is Cc1nccc(CF)c1C(F)F. The van der Waals surface area contributed by atoms with Crippen LogP contribution >= 0.6 is 0 Å². The zero-order chi connectivity index (χ0) is 9.14. The number of nitrogens with zero attached hydrogens (tertiary/aromatic N) is 1. The number of aryl methyl sites for hydroxylation is 1. The monoisotopic (exact) mass is 175 g/mol. The fraction of sp³-hybridized carbons (Fsp3) is 0.375. The van der Waals surface area contributed by atoms with Gasteiger partial charge in [0.15, 0.2) is 0 Å². The van der Waals surface area contributed by atoms with E-state index in [1.807, 2.05) is 0 Å². The van der Waals surface area contributed by atoms with Gasteiger partial charge in [-0.1, -0.05) is 0 Å².